The van der Waals surface area contributed by atoms with Crippen LogP contribution in [0.25, 0.3) is 0 Å². The molecule has 2 amide bonds. The number of likely N-dealkylation sites (tertiary alicyclic amines) is 1. The number of hydrogen-bond acceptors (Lipinski definition) is 3. The van der Waals surface area contributed by atoms with Crippen LogP contribution in [0.1, 0.15) is 37.8 Å². The fourth-order valence-corrected chi connectivity index (χ4v) is 3.23. The maximum Gasteiger partial charge on any atom is 0.313 e. The van der Waals surface area contributed by atoms with E-state index in [1.807, 2.05) is 32.0 Å². The summed E-state index contributed by atoms with van der Waals surface area (Å²) in [7, 11) is 0. The van der Waals surface area contributed by atoms with Gasteiger partial charge in [0.25, 0.3) is 0 Å². The molecule has 1 aromatic carbocycles. The highest BCUT2D eigenvalue weighted by molar-refractivity contribution is 6.39. The van der Waals surface area contributed by atoms with Crippen molar-refractivity contribution in [3.63, 3.8) is 0 Å². The summed E-state index contributed by atoms with van der Waals surface area (Å²) in [6, 6.07) is 6.32. The lowest BCUT2D eigenvalue weighted by Crippen LogP contribution is -2.43. The minimum atomic E-state index is -0.598. The molecule has 1 saturated heterocycles. The molecule has 1 aliphatic heterocycles. The van der Waals surface area contributed by atoms with Gasteiger partial charge < -0.3 is 15.5 Å². The molecule has 5 heteroatoms. The molecular formula is C19H29N3O2. The van der Waals surface area contributed by atoms with Crippen molar-refractivity contribution in [1.29, 1.82) is 0 Å². The van der Waals surface area contributed by atoms with E-state index in [9.17, 15) is 9.59 Å². The number of rotatable bonds is 4. The van der Waals surface area contributed by atoms with E-state index >= 15 is 0 Å². The fraction of sp³-hybridized carbons (Fsp3) is 0.579. The van der Waals surface area contributed by atoms with E-state index in [1.165, 1.54) is 0 Å². The van der Waals surface area contributed by atoms with Gasteiger partial charge in [-0.25, -0.2) is 0 Å². The highest BCUT2D eigenvalue weighted by Gasteiger charge is 2.22. The zero-order chi connectivity index (χ0) is 17.7. The van der Waals surface area contributed by atoms with E-state index in [0.717, 1.165) is 37.1 Å². The molecule has 0 aliphatic carbocycles. The van der Waals surface area contributed by atoms with Gasteiger partial charge in [-0.2, -0.15) is 0 Å². The number of amides is 2. The average molecular weight is 331 g/mol. The second kappa shape index (κ2) is 8.29. The number of nitrogens with zero attached hydrogens (tertiary/aromatic N) is 1. The molecule has 2 N–H and O–H groups in total. The number of nitrogens with one attached hydrogen (secondary N) is 2. The van der Waals surface area contributed by atoms with E-state index in [0.29, 0.717) is 24.2 Å². The molecule has 0 atom stereocenters. The Labute approximate surface area is 144 Å². The van der Waals surface area contributed by atoms with Gasteiger partial charge in [-0.3, -0.25) is 9.59 Å². The molecule has 0 aromatic heterocycles. The van der Waals surface area contributed by atoms with Crippen LogP contribution in [0.4, 0.5) is 5.69 Å². The Hall–Kier alpha value is -1.88. The van der Waals surface area contributed by atoms with Crippen molar-refractivity contribution in [2.75, 3.05) is 25.0 Å². The van der Waals surface area contributed by atoms with Crippen LogP contribution < -0.4 is 10.6 Å². The normalized spacial score (nSPS) is 16.2. The average Bonchev–Trinajstić information content (AvgIpc) is 2.51. The van der Waals surface area contributed by atoms with Gasteiger partial charge in [-0.15, -0.1) is 0 Å². The maximum absolute atomic E-state index is 12.0. The molecule has 0 bridgehead atoms. The van der Waals surface area contributed by atoms with Gasteiger partial charge in [0.1, 0.15) is 0 Å². The van der Waals surface area contributed by atoms with Crippen molar-refractivity contribution in [3.8, 4) is 0 Å². The van der Waals surface area contributed by atoms with Crippen molar-refractivity contribution < 1.29 is 9.59 Å². The molecular weight excluding hydrogens is 302 g/mol. The molecule has 1 aromatic rings. The summed E-state index contributed by atoms with van der Waals surface area (Å²) in [5, 5.41) is 5.45. The smallest absolute Gasteiger partial charge is 0.313 e. The Balaban J connectivity index is 1.77. The summed E-state index contributed by atoms with van der Waals surface area (Å²) < 4.78 is 0. The SMILES string of the molecule is Cc1cc(C)cc(NC(=O)C(=O)NCC2CCN(C(C)C)CC2)c1. The summed E-state index contributed by atoms with van der Waals surface area (Å²) >= 11 is 0. The Bertz CT molecular complexity index is 570. The van der Waals surface area contributed by atoms with Gasteiger partial charge in [0, 0.05) is 18.3 Å². The molecule has 1 heterocycles. The first-order chi connectivity index (χ1) is 11.3. The first-order valence-electron chi connectivity index (χ1n) is 8.76. The fourth-order valence-electron chi connectivity index (χ4n) is 3.23. The van der Waals surface area contributed by atoms with Gasteiger partial charge in [-0.05, 0) is 82.8 Å². The lowest BCUT2D eigenvalue weighted by atomic mass is 9.96. The number of aryl methyl sites for hydroxylation is 2. The first kappa shape index (κ1) is 18.5. The van der Waals surface area contributed by atoms with Gasteiger partial charge in [0.05, 0.1) is 0 Å². The van der Waals surface area contributed by atoms with Gasteiger partial charge in [-0.1, -0.05) is 6.07 Å². The molecule has 2 rings (SSSR count). The number of carbonyl (C=O) groups is 2. The predicted molar refractivity (Wildman–Crippen MR) is 97.0 cm³/mol. The maximum atomic E-state index is 12.0. The lowest BCUT2D eigenvalue weighted by Gasteiger charge is -2.34. The number of hydrogen-bond donors (Lipinski definition) is 2. The predicted octanol–water partition coefficient (Wildman–Crippen LogP) is 2.48. The monoisotopic (exact) mass is 331 g/mol. The molecule has 0 saturated carbocycles. The third kappa shape index (κ3) is 5.34. The molecule has 132 valence electrons. The zero-order valence-electron chi connectivity index (χ0n) is 15.2. The van der Waals surface area contributed by atoms with E-state index < -0.39 is 11.8 Å². The van der Waals surface area contributed by atoms with Crippen molar-refractivity contribution in [1.82, 2.24) is 10.2 Å². The standard InChI is InChI=1S/C19H29N3O2/c1-13(2)22-7-5-16(6-8-22)12-20-18(23)19(24)21-17-10-14(3)9-15(4)11-17/h9-11,13,16H,5-8,12H2,1-4H3,(H,20,23)(H,21,24). The molecule has 24 heavy (non-hydrogen) atoms. The third-order valence-electron chi connectivity index (χ3n) is 4.62. The first-order valence-corrected chi connectivity index (χ1v) is 8.76. The van der Waals surface area contributed by atoms with Crippen LogP contribution in [0.2, 0.25) is 0 Å². The topological polar surface area (TPSA) is 61.4 Å². The highest BCUT2D eigenvalue weighted by atomic mass is 16.2. The number of anilines is 1. The largest absolute Gasteiger partial charge is 0.348 e. The van der Waals surface area contributed by atoms with Crippen molar-refractivity contribution in [2.24, 2.45) is 5.92 Å². The third-order valence-corrected chi connectivity index (χ3v) is 4.62. The number of benzene rings is 1. The summed E-state index contributed by atoms with van der Waals surface area (Å²) in [4.78, 5) is 26.5. The van der Waals surface area contributed by atoms with Gasteiger partial charge in [0.15, 0.2) is 0 Å². The molecule has 1 fully saturated rings. The van der Waals surface area contributed by atoms with Crippen LogP contribution in [0.15, 0.2) is 18.2 Å². The van der Waals surface area contributed by atoms with Crippen LogP contribution in [-0.2, 0) is 9.59 Å². The highest BCUT2D eigenvalue weighted by Crippen LogP contribution is 2.18. The molecule has 1 aliphatic rings. The van der Waals surface area contributed by atoms with E-state index in [4.69, 9.17) is 0 Å². The number of piperidine rings is 1. The quantitative estimate of drug-likeness (QED) is 0.833. The Morgan fingerprint density at radius 3 is 2.21 bits per heavy atom. The molecule has 0 radical (unpaired) electrons. The van der Waals surface area contributed by atoms with E-state index in [-0.39, 0.29) is 0 Å². The molecule has 5 nitrogen and oxygen atoms in total. The minimum absolute atomic E-state index is 0.456. The summed E-state index contributed by atoms with van der Waals surface area (Å²) in [6.07, 6.45) is 2.13. The van der Waals surface area contributed by atoms with Gasteiger partial charge >= 0.3 is 11.8 Å². The van der Waals surface area contributed by atoms with Crippen molar-refractivity contribution in [2.45, 2.75) is 46.6 Å². The molecule has 0 spiro atoms. The zero-order valence-corrected chi connectivity index (χ0v) is 15.2. The Morgan fingerprint density at radius 2 is 1.67 bits per heavy atom. The summed E-state index contributed by atoms with van der Waals surface area (Å²) in [6.45, 7) is 11.0. The summed E-state index contributed by atoms with van der Waals surface area (Å²) in [5.74, 6) is -0.696. The van der Waals surface area contributed by atoms with Crippen molar-refractivity contribution >= 4 is 17.5 Å². The lowest BCUT2D eigenvalue weighted by molar-refractivity contribution is -0.136. The number of carbonyl (C=O) groups excluding carboxylic acids is 2. The van der Waals surface area contributed by atoms with E-state index in [1.54, 1.807) is 0 Å². The van der Waals surface area contributed by atoms with E-state index in [2.05, 4.69) is 29.4 Å². The van der Waals surface area contributed by atoms with Gasteiger partial charge in [0.2, 0.25) is 0 Å². The van der Waals surface area contributed by atoms with Crippen LogP contribution in [0.3, 0.4) is 0 Å². The Kier molecular flexibility index (Phi) is 6.37. The van der Waals surface area contributed by atoms with Crippen LogP contribution >= 0.6 is 0 Å². The second-order valence-electron chi connectivity index (χ2n) is 7.11. The molecule has 0 unspecified atom stereocenters. The van der Waals surface area contributed by atoms with Crippen molar-refractivity contribution in [3.05, 3.63) is 29.3 Å². The summed E-state index contributed by atoms with van der Waals surface area (Å²) in [5.41, 5.74) is 2.78. The Morgan fingerprint density at radius 1 is 1.08 bits per heavy atom. The van der Waals surface area contributed by atoms with Crippen LogP contribution in [-0.4, -0.2) is 42.4 Å². The van der Waals surface area contributed by atoms with Crippen LogP contribution in [0.5, 0.6) is 0 Å². The van der Waals surface area contributed by atoms with Crippen LogP contribution in [0, 0.1) is 19.8 Å². The minimum Gasteiger partial charge on any atom is -0.348 e. The second-order valence-corrected chi connectivity index (χ2v) is 7.11.